The number of allylic oxidation sites excluding steroid dienone is 2. The average Bonchev–Trinajstić information content (AvgIpc) is 2.86. The molecule has 1 atom stereocenters. The van der Waals surface area contributed by atoms with Crippen LogP contribution in [0.25, 0.3) is 22.1 Å². The Morgan fingerprint density at radius 3 is 2.38 bits per heavy atom. The predicted molar refractivity (Wildman–Crippen MR) is 114 cm³/mol. The first-order chi connectivity index (χ1) is 14.2. The second kappa shape index (κ2) is 6.61. The van der Waals surface area contributed by atoms with E-state index in [2.05, 4.69) is 6.07 Å². The smallest absolute Gasteiger partial charge is 0.200 e. The van der Waals surface area contributed by atoms with E-state index in [4.69, 9.17) is 4.42 Å². The molecule has 1 aromatic heterocycles. The minimum atomic E-state index is -0.277. The number of nitrogens with zero attached hydrogens (tertiary/aromatic N) is 1. The molecule has 4 aromatic rings. The number of hydrogen-bond acceptors (Lipinski definition) is 3. The molecule has 0 fully saturated rings. The molecule has 0 saturated heterocycles. The molecule has 1 unspecified atom stereocenters. The minimum absolute atomic E-state index is 0.0964. The third-order valence-corrected chi connectivity index (χ3v) is 5.62. The fourth-order valence-electron chi connectivity index (χ4n) is 4.28. The van der Waals surface area contributed by atoms with Crippen molar-refractivity contribution in [3.8, 4) is 6.07 Å². The summed E-state index contributed by atoms with van der Waals surface area (Å²) in [6.45, 7) is 1.84. The summed E-state index contributed by atoms with van der Waals surface area (Å²) in [5, 5.41) is 10.5. The molecule has 5 rings (SSSR count). The van der Waals surface area contributed by atoms with E-state index in [1.54, 1.807) is 6.07 Å². The van der Waals surface area contributed by atoms with Crippen LogP contribution in [-0.4, -0.2) is 0 Å². The Morgan fingerprint density at radius 2 is 1.59 bits per heavy atom. The van der Waals surface area contributed by atoms with Crippen LogP contribution in [0.5, 0.6) is 0 Å². The van der Waals surface area contributed by atoms with Crippen molar-refractivity contribution < 1.29 is 4.42 Å². The molecule has 0 aliphatic heterocycles. The van der Waals surface area contributed by atoms with Gasteiger partial charge in [-0.2, -0.15) is 5.26 Å². The Hall–Kier alpha value is -3.90. The molecule has 3 aromatic carbocycles. The van der Waals surface area contributed by atoms with Crippen molar-refractivity contribution in [1.82, 2.24) is 0 Å². The molecule has 3 heteroatoms. The first-order valence-corrected chi connectivity index (χ1v) is 9.52. The normalized spacial score (nSPS) is 15.4. The summed E-state index contributed by atoms with van der Waals surface area (Å²) in [4.78, 5) is 13.5. The van der Waals surface area contributed by atoms with Crippen LogP contribution in [0.2, 0.25) is 0 Å². The first kappa shape index (κ1) is 17.2. The summed E-state index contributed by atoms with van der Waals surface area (Å²) in [7, 11) is 0. The van der Waals surface area contributed by atoms with Gasteiger partial charge in [0.05, 0.1) is 22.4 Å². The van der Waals surface area contributed by atoms with E-state index in [0.717, 1.165) is 16.7 Å². The van der Waals surface area contributed by atoms with Gasteiger partial charge in [-0.05, 0) is 41.3 Å². The fourth-order valence-corrected chi connectivity index (χ4v) is 4.28. The van der Waals surface area contributed by atoms with Crippen molar-refractivity contribution in [1.29, 1.82) is 5.26 Å². The van der Waals surface area contributed by atoms with Crippen molar-refractivity contribution in [3.63, 3.8) is 0 Å². The number of nitriles is 1. The zero-order valence-electron chi connectivity index (χ0n) is 15.8. The van der Waals surface area contributed by atoms with E-state index >= 15 is 0 Å². The van der Waals surface area contributed by atoms with Gasteiger partial charge >= 0.3 is 0 Å². The van der Waals surface area contributed by atoms with Crippen molar-refractivity contribution >= 4 is 22.1 Å². The molecule has 3 nitrogen and oxygen atoms in total. The zero-order chi connectivity index (χ0) is 20.0. The highest BCUT2D eigenvalue weighted by Crippen LogP contribution is 2.44. The zero-order valence-corrected chi connectivity index (χ0v) is 15.8. The Balaban J connectivity index is 2.00. The summed E-state index contributed by atoms with van der Waals surface area (Å²) < 4.78 is 6.39. The predicted octanol–water partition coefficient (Wildman–Crippen LogP) is 5.74. The maximum atomic E-state index is 13.5. The van der Waals surface area contributed by atoms with Crippen LogP contribution in [-0.2, 0) is 0 Å². The molecular formula is C26H17NO2. The summed E-state index contributed by atoms with van der Waals surface area (Å²) in [5.41, 5.74) is 4.96. The minimum Gasteiger partial charge on any atom is -0.459 e. The van der Waals surface area contributed by atoms with Gasteiger partial charge in [-0.25, -0.2) is 0 Å². The lowest BCUT2D eigenvalue weighted by molar-refractivity contribution is 0.526. The number of benzene rings is 3. The molecule has 0 saturated carbocycles. The van der Waals surface area contributed by atoms with Crippen molar-refractivity contribution in [3.05, 3.63) is 117 Å². The highest BCUT2D eigenvalue weighted by Gasteiger charge is 2.32. The van der Waals surface area contributed by atoms with Crippen LogP contribution in [0, 0.1) is 11.3 Å². The number of para-hydroxylation sites is 1. The van der Waals surface area contributed by atoms with E-state index in [-0.39, 0.29) is 11.3 Å². The van der Waals surface area contributed by atoms with Gasteiger partial charge in [0.1, 0.15) is 17.4 Å². The summed E-state index contributed by atoms with van der Waals surface area (Å²) in [6.07, 6.45) is 0. The van der Waals surface area contributed by atoms with Gasteiger partial charge in [-0.15, -0.1) is 0 Å². The van der Waals surface area contributed by atoms with Crippen molar-refractivity contribution in [2.75, 3.05) is 0 Å². The van der Waals surface area contributed by atoms with Gasteiger partial charge in [-0.1, -0.05) is 66.7 Å². The SMILES string of the molecule is CC1=C(C#N)c2ccccc2C(c2ccccc2)c2oc3ccccc3c(=O)c21. The molecule has 1 aliphatic carbocycles. The number of rotatable bonds is 1. The van der Waals surface area contributed by atoms with E-state index in [0.29, 0.717) is 33.4 Å². The molecule has 1 aliphatic rings. The van der Waals surface area contributed by atoms with Crippen LogP contribution in [0.3, 0.4) is 0 Å². The summed E-state index contributed by atoms with van der Waals surface area (Å²) in [6, 6.07) is 27.5. The topological polar surface area (TPSA) is 54.0 Å². The van der Waals surface area contributed by atoms with Crippen LogP contribution in [0.15, 0.2) is 88.1 Å². The van der Waals surface area contributed by atoms with Crippen LogP contribution in [0.4, 0.5) is 0 Å². The molecular weight excluding hydrogens is 358 g/mol. The molecule has 0 N–H and O–H groups in total. The Morgan fingerprint density at radius 1 is 0.897 bits per heavy atom. The van der Waals surface area contributed by atoms with Gasteiger partial charge in [0.15, 0.2) is 0 Å². The lowest BCUT2D eigenvalue weighted by Crippen LogP contribution is -2.15. The molecule has 0 spiro atoms. The first-order valence-electron chi connectivity index (χ1n) is 9.52. The molecule has 29 heavy (non-hydrogen) atoms. The van der Waals surface area contributed by atoms with Gasteiger partial charge in [0.2, 0.25) is 5.43 Å². The molecule has 0 amide bonds. The van der Waals surface area contributed by atoms with E-state index in [1.807, 2.05) is 79.7 Å². The number of hydrogen-bond donors (Lipinski definition) is 0. The largest absolute Gasteiger partial charge is 0.459 e. The van der Waals surface area contributed by atoms with Crippen LogP contribution < -0.4 is 5.43 Å². The van der Waals surface area contributed by atoms with Crippen molar-refractivity contribution in [2.24, 2.45) is 0 Å². The van der Waals surface area contributed by atoms with Gasteiger partial charge in [-0.3, -0.25) is 4.79 Å². The van der Waals surface area contributed by atoms with Gasteiger partial charge in [0.25, 0.3) is 0 Å². The molecule has 0 radical (unpaired) electrons. The maximum absolute atomic E-state index is 13.5. The summed E-state index contributed by atoms with van der Waals surface area (Å²) in [5.74, 6) is 0.315. The van der Waals surface area contributed by atoms with Gasteiger partial charge in [0, 0.05) is 0 Å². The van der Waals surface area contributed by atoms with Crippen LogP contribution in [0.1, 0.15) is 40.9 Å². The maximum Gasteiger partial charge on any atom is 0.200 e. The Bertz CT molecular complexity index is 1390. The highest BCUT2D eigenvalue weighted by atomic mass is 16.3. The van der Waals surface area contributed by atoms with E-state index in [9.17, 15) is 10.1 Å². The van der Waals surface area contributed by atoms with Crippen molar-refractivity contribution in [2.45, 2.75) is 12.8 Å². The lowest BCUT2D eigenvalue weighted by atomic mass is 9.85. The van der Waals surface area contributed by atoms with E-state index < -0.39 is 0 Å². The molecule has 0 bridgehead atoms. The second-order valence-electron chi connectivity index (χ2n) is 7.21. The lowest BCUT2D eigenvalue weighted by Gasteiger charge is -2.20. The van der Waals surface area contributed by atoms with E-state index in [1.165, 1.54) is 0 Å². The van der Waals surface area contributed by atoms with Gasteiger partial charge < -0.3 is 4.42 Å². The highest BCUT2D eigenvalue weighted by molar-refractivity contribution is 6.00. The van der Waals surface area contributed by atoms with Crippen LogP contribution >= 0.6 is 0 Å². The Kier molecular flexibility index (Phi) is 3.93. The molecule has 1 heterocycles. The summed E-state index contributed by atoms with van der Waals surface area (Å²) >= 11 is 0. The number of fused-ring (bicyclic) bond motifs is 3. The second-order valence-corrected chi connectivity index (χ2v) is 7.21. The average molecular weight is 375 g/mol. The third kappa shape index (κ3) is 2.54. The standard InChI is InChI=1S/C26H17NO2/c1-16-21(15-27)18-11-5-6-12-19(18)24(17-9-3-2-4-10-17)26-23(16)25(28)20-13-7-8-14-22(20)29-26/h2-14,24H,1H3. The fraction of sp³-hybridized carbons (Fsp3) is 0.0769. The monoisotopic (exact) mass is 375 g/mol. The quantitative estimate of drug-likeness (QED) is 0.426. The third-order valence-electron chi connectivity index (χ3n) is 5.62. The molecule has 138 valence electrons. The Labute approximate surface area is 168 Å².